The van der Waals surface area contributed by atoms with Gasteiger partial charge in [-0.2, -0.15) is 5.10 Å². The molecule has 2 N–H and O–H groups in total. The largest absolute Gasteiger partial charge is 0.360 e. The van der Waals surface area contributed by atoms with Gasteiger partial charge in [-0.3, -0.25) is 9.67 Å². The van der Waals surface area contributed by atoms with Crippen LogP contribution in [0.15, 0.2) is 47.8 Å². The summed E-state index contributed by atoms with van der Waals surface area (Å²) < 4.78 is 5.14. The molecule has 1 aromatic carbocycles. The van der Waals surface area contributed by atoms with E-state index in [2.05, 4.69) is 19.8 Å². The van der Waals surface area contributed by atoms with Crippen molar-refractivity contribution in [1.82, 2.24) is 19.7 Å². The van der Waals surface area contributed by atoms with E-state index in [-0.39, 0.29) is 0 Å². The van der Waals surface area contributed by atoms with Crippen LogP contribution in [0.3, 0.4) is 0 Å². The van der Waals surface area contributed by atoms with E-state index in [1.54, 1.807) is 6.20 Å². The van der Waals surface area contributed by atoms with Gasteiger partial charge in [0.2, 0.25) is 0 Å². The van der Waals surface area contributed by atoms with E-state index < -0.39 is 0 Å². The van der Waals surface area contributed by atoms with Crippen molar-refractivity contribution in [3.8, 4) is 0 Å². The van der Waals surface area contributed by atoms with Gasteiger partial charge in [0.15, 0.2) is 5.82 Å². The Morgan fingerprint density at radius 3 is 3.09 bits per heavy atom. The average molecular weight is 330 g/mol. The molecule has 0 saturated heterocycles. The van der Waals surface area contributed by atoms with Crippen LogP contribution in [0, 0.1) is 0 Å². The number of H-pyrrole nitrogens is 1. The maximum atomic E-state index is 6.01. The lowest BCUT2D eigenvalue weighted by Crippen LogP contribution is -1.91. The zero-order valence-corrected chi connectivity index (χ0v) is 13.2. The van der Waals surface area contributed by atoms with E-state index in [9.17, 15) is 0 Å². The number of fused-ring (bicyclic) bond motifs is 2. The number of rotatable bonds is 3. The first-order valence-electron chi connectivity index (χ1n) is 6.68. The summed E-state index contributed by atoms with van der Waals surface area (Å²) in [5.74, 6) is 0.827. The molecule has 0 amide bonds. The molecule has 3 aromatic heterocycles. The number of nitrogens with one attached hydrogen (secondary N) is 2. The van der Waals surface area contributed by atoms with Crippen LogP contribution in [0.25, 0.3) is 21.8 Å². The summed E-state index contributed by atoms with van der Waals surface area (Å²) in [4.78, 5) is 8.46. The third-order valence-electron chi connectivity index (χ3n) is 3.52. The van der Waals surface area contributed by atoms with Gasteiger partial charge in [-0.25, -0.2) is 0 Å². The highest BCUT2D eigenvalue weighted by atomic mass is 35.5. The van der Waals surface area contributed by atoms with Gasteiger partial charge in [-0.05, 0) is 30.1 Å². The highest BCUT2D eigenvalue weighted by Gasteiger charge is 2.10. The van der Waals surface area contributed by atoms with Crippen molar-refractivity contribution in [1.29, 1.82) is 0 Å². The molecule has 0 aliphatic carbocycles. The standard InChI is InChI=1S/C15H12ClN5S/c1-21-13-7-17-5-4-11(13)15(19-21)20-22-14-8-18-12-6-9(16)2-3-10(12)14/h2-8,18H,1H3,(H,19,20). The van der Waals surface area contributed by atoms with E-state index in [1.807, 2.05) is 48.4 Å². The number of halogens is 1. The Morgan fingerprint density at radius 1 is 1.27 bits per heavy atom. The molecule has 22 heavy (non-hydrogen) atoms. The number of anilines is 1. The molecule has 3 heterocycles. The van der Waals surface area contributed by atoms with Crippen LogP contribution < -0.4 is 4.72 Å². The quantitative estimate of drug-likeness (QED) is 0.552. The van der Waals surface area contributed by atoms with Crippen molar-refractivity contribution in [2.45, 2.75) is 4.90 Å². The summed E-state index contributed by atoms with van der Waals surface area (Å²) in [6.45, 7) is 0. The number of aryl methyl sites for hydroxylation is 1. The molecule has 0 aliphatic rings. The minimum atomic E-state index is 0.724. The number of hydrogen-bond donors (Lipinski definition) is 2. The monoisotopic (exact) mass is 329 g/mol. The fraction of sp³-hybridized carbons (Fsp3) is 0.0667. The first kappa shape index (κ1) is 13.5. The Morgan fingerprint density at radius 2 is 2.18 bits per heavy atom. The molecule has 0 bridgehead atoms. The fourth-order valence-electron chi connectivity index (χ4n) is 2.44. The Kier molecular flexibility index (Phi) is 3.20. The predicted molar refractivity (Wildman–Crippen MR) is 91.3 cm³/mol. The molecule has 0 unspecified atom stereocenters. The lowest BCUT2D eigenvalue weighted by Gasteiger charge is -2.01. The molecule has 0 saturated carbocycles. The van der Waals surface area contributed by atoms with E-state index in [1.165, 1.54) is 11.9 Å². The highest BCUT2D eigenvalue weighted by molar-refractivity contribution is 8.00. The fourth-order valence-corrected chi connectivity index (χ4v) is 3.37. The molecule has 0 spiro atoms. The SMILES string of the molecule is Cn1nc(NSc2c[nH]c3cc(Cl)ccc23)c2ccncc21. The van der Waals surface area contributed by atoms with E-state index >= 15 is 0 Å². The molecule has 0 aliphatic heterocycles. The van der Waals surface area contributed by atoms with Gasteiger partial charge in [0.1, 0.15) is 0 Å². The van der Waals surface area contributed by atoms with E-state index in [4.69, 9.17) is 11.6 Å². The molecule has 0 radical (unpaired) electrons. The van der Waals surface area contributed by atoms with Crippen LogP contribution in [-0.4, -0.2) is 19.7 Å². The smallest absolute Gasteiger partial charge is 0.166 e. The molecule has 4 rings (SSSR count). The third kappa shape index (κ3) is 2.20. The van der Waals surface area contributed by atoms with Crippen molar-refractivity contribution in [3.63, 3.8) is 0 Å². The van der Waals surface area contributed by atoms with Gasteiger partial charge in [-0.15, -0.1) is 0 Å². The van der Waals surface area contributed by atoms with Gasteiger partial charge in [0, 0.05) is 40.8 Å². The van der Waals surface area contributed by atoms with Crippen molar-refractivity contribution in [2.24, 2.45) is 7.05 Å². The van der Waals surface area contributed by atoms with Gasteiger partial charge in [-0.1, -0.05) is 17.7 Å². The summed E-state index contributed by atoms with van der Waals surface area (Å²) >= 11 is 7.53. The highest BCUT2D eigenvalue weighted by Crippen LogP contribution is 2.31. The summed E-state index contributed by atoms with van der Waals surface area (Å²) in [7, 11) is 1.91. The minimum Gasteiger partial charge on any atom is -0.360 e. The van der Waals surface area contributed by atoms with Crippen LogP contribution in [0.1, 0.15) is 0 Å². The number of benzene rings is 1. The van der Waals surface area contributed by atoms with Gasteiger partial charge in [0.05, 0.1) is 16.6 Å². The molecule has 7 heteroatoms. The molecule has 110 valence electrons. The van der Waals surface area contributed by atoms with Crippen molar-refractivity contribution in [3.05, 3.63) is 47.9 Å². The van der Waals surface area contributed by atoms with Crippen molar-refractivity contribution < 1.29 is 0 Å². The van der Waals surface area contributed by atoms with Crippen LogP contribution >= 0.6 is 23.5 Å². The minimum absolute atomic E-state index is 0.724. The molecule has 5 nitrogen and oxygen atoms in total. The second-order valence-corrected chi connectivity index (χ2v) is 6.20. The van der Waals surface area contributed by atoms with Crippen LogP contribution in [0.5, 0.6) is 0 Å². The number of aromatic amines is 1. The van der Waals surface area contributed by atoms with Crippen LogP contribution in [0.4, 0.5) is 5.82 Å². The van der Waals surface area contributed by atoms with E-state index in [0.29, 0.717) is 0 Å². The van der Waals surface area contributed by atoms with E-state index in [0.717, 1.165) is 37.5 Å². The lowest BCUT2D eigenvalue weighted by atomic mass is 10.2. The topological polar surface area (TPSA) is 58.5 Å². The van der Waals surface area contributed by atoms with Gasteiger partial charge in [0.25, 0.3) is 0 Å². The average Bonchev–Trinajstić information content (AvgIpc) is 3.07. The Balaban J connectivity index is 1.66. The summed E-state index contributed by atoms with van der Waals surface area (Å²) in [6, 6.07) is 7.78. The zero-order chi connectivity index (χ0) is 15.1. The Labute approximate surface area is 135 Å². The van der Waals surface area contributed by atoms with Gasteiger partial charge >= 0.3 is 0 Å². The molecule has 0 fully saturated rings. The number of hydrogen-bond acceptors (Lipinski definition) is 4. The normalized spacial score (nSPS) is 11.4. The van der Waals surface area contributed by atoms with Crippen LogP contribution in [0.2, 0.25) is 5.02 Å². The number of pyridine rings is 1. The third-order valence-corrected chi connectivity index (χ3v) is 4.61. The van der Waals surface area contributed by atoms with Gasteiger partial charge < -0.3 is 9.71 Å². The Bertz CT molecular complexity index is 975. The summed E-state index contributed by atoms with van der Waals surface area (Å²) in [5, 5.41) is 7.40. The number of aromatic nitrogens is 4. The maximum Gasteiger partial charge on any atom is 0.166 e. The zero-order valence-electron chi connectivity index (χ0n) is 11.7. The number of nitrogens with zero attached hydrogens (tertiary/aromatic N) is 3. The molecule has 4 aromatic rings. The van der Waals surface area contributed by atoms with Crippen molar-refractivity contribution in [2.75, 3.05) is 4.72 Å². The second kappa shape index (κ2) is 5.23. The molecular formula is C15H12ClN5S. The first-order valence-corrected chi connectivity index (χ1v) is 7.88. The maximum absolute atomic E-state index is 6.01. The second-order valence-electron chi connectivity index (χ2n) is 4.91. The molecular weight excluding hydrogens is 318 g/mol. The molecule has 0 atom stereocenters. The Hall–Kier alpha value is -2.18. The first-order chi connectivity index (χ1) is 10.7. The summed E-state index contributed by atoms with van der Waals surface area (Å²) in [5.41, 5.74) is 2.02. The lowest BCUT2D eigenvalue weighted by molar-refractivity contribution is 0.800. The van der Waals surface area contributed by atoms with Crippen LogP contribution in [-0.2, 0) is 7.05 Å². The van der Waals surface area contributed by atoms with Crippen molar-refractivity contribution >= 4 is 51.2 Å². The summed E-state index contributed by atoms with van der Waals surface area (Å²) in [6.07, 6.45) is 5.55. The predicted octanol–water partition coefficient (Wildman–Crippen LogP) is 4.22.